The third-order valence-electron chi connectivity index (χ3n) is 3.61. The lowest BCUT2D eigenvalue weighted by Crippen LogP contribution is -2.36. The molecule has 4 nitrogen and oxygen atoms in total. The zero-order valence-corrected chi connectivity index (χ0v) is 11.8. The number of likely N-dealkylation sites (tertiary alicyclic amines) is 1. The Hall–Kier alpha value is -1.13. The molecule has 0 aromatic carbocycles. The molecule has 106 valence electrons. The van der Waals surface area contributed by atoms with Crippen LogP contribution in [0.2, 0.25) is 0 Å². The van der Waals surface area contributed by atoms with Crippen LogP contribution in [0, 0.1) is 5.92 Å². The van der Waals surface area contributed by atoms with Gasteiger partial charge in [-0.1, -0.05) is 13.0 Å². The molecule has 0 amide bonds. The van der Waals surface area contributed by atoms with Gasteiger partial charge in [0.2, 0.25) is 0 Å². The number of hydrogen-bond donors (Lipinski definition) is 2. The maximum Gasteiger partial charge on any atom is 0.126 e. The van der Waals surface area contributed by atoms with Crippen molar-refractivity contribution < 1.29 is 5.11 Å². The van der Waals surface area contributed by atoms with Gasteiger partial charge in [-0.15, -0.1) is 0 Å². The number of pyridine rings is 1. The number of aliphatic hydroxyl groups is 1. The van der Waals surface area contributed by atoms with E-state index in [-0.39, 0.29) is 0 Å². The topological polar surface area (TPSA) is 48.4 Å². The molecule has 0 spiro atoms. The summed E-state index contributed by atoms with van der Waals surface area (Å²) in [5.41, 5.74) is 1.11. The van der Waals surface area contributed by atoms with Crippen LogP contribution < -0.4 is 5.32 Å². The minimum Gasteiger partial charge on any atom is -0.396 e. The summed E-state index contributed by atoms with van der Waals surface area (Å²) in [7, 11) is 0. The maximum absolute atomic E-state index is 9.26. The first-order valence-corrected chi connectivity index (χ1v) is 7.35. The molecule has 2 heterocycles. The Balaban J connectivity index is 1.90. The Morgan fingerprint density at radius 2 is 2.37 bits per heavy atom. The normalized spacial score (nSPS) is 20.4. The van der Waals surface area contributed by atoms with Crippen molar-refractivity contribution in [1.82, 2.24) is 9.88 Å². The molecule has 1 atom stereocenters. The van der Waals surface area contributed by atoms with E-state index < -0.39 is 0 Å². The standard InChI is InChI=1S/C15H25N3O/c1-2-8-16-15-7-3-6-14(17-15)11-18-9-4-5-13(10-18)12-19/h3,6-7,13,19H,2,4-5,8-12H2,1H3,(H,16,17). The summed E-state index contributed by atoms with van der Waals surface area (Å²) in [5.74, 6) is 1.41. The molecule has 4 heteroatoms. The molecule has 1 saturated heterocycles. The van der Waals surface area contributed by atoms with Crippen molar-refractivity contribution in [2.75, 3.05) is 31.6 Å². The summed E-state index contributed by atoms with van der Waals surface area (Å²) in [6.07, 6.45) is 3.44. The number of hydrogen-bond acceptors (Lipinski definition) is 4. The van der Waals surface area contributed by atoms with Gasteiger partial charge in [0.15, 0.2) is 0 Å². The fourth-order valence-electron chi connectivity index (χ4n) is 2.59. The second-order valence-corrected chi connectivity index (χ2v) is 5.37. The molecule has 1 fully saturated rings. The van der Waals surface area contributed by atoms with Crippen LogP contribution in [0.3, 0.4) is 0 Å². The quantitative estimate of drug-likeness (QED) is 0.825. The van der Waals surface area contributed by atoms with Gasteiger partial charge in [0.1, 0.15) is 5.82 Å². The van der Waals surface area contributed by atoms with E-state index in [4.69, 9.17) is 0 Å². The van der Waals surface area contributed by atoms with Crippen molar-refractivity contribution in [3.63, 3.8) is 0 Å². The predicted octanol–water partition coefficient (Wildman–Crippen LogP) is 2.11. The molecular formula is C15H25N3O. The number of nitrogens with zero attached hydrogens (tertiary/aromatic N) is 2. The lowest BCUT2D eigenvalue weighted by Gasteiger charge is -2.31. The number of rotatable bonds is 6. The Kier molecular flexibility index (Phi) is 5.61. The summed E-state index contributed by atoms with van der Waals surface area (Å²) in [5, 5.41) is 12.6. The SMILES string of the molecule is CCCNc1cccc(CN2CCCC(CO)C2)n1. The van der Waals surface area contributed by atoms with Crippen molar-refractivity contribution in [1.29, 1.82) is 0 Å². The Morgan fingerprint density at radius 3 is 3.16 bits per heavy atom. The van der Waals surface area contributed by atoms with Gasteiger partial charge in [-0.2, -0.15) is 0 Å². The predicted molar refractivity (Wildman–Crippen MR) is 78.1 cm³/mol. The van der Waals surface area contributed by atoms with E-state index in [9.17, 15) is 5.11 Å². The smallest absolute Gasteiger partial charge is 0.126 e. The third kappa shape index (κ3) is 4.48. The van der Waals surface area contributed by atoms with Crippen LogP contribution in [0.5, 0.6) is 0 Å². The summed E-state index contributed by atoms with van der Waals surface area (Å²) in [6, 6.07) is 6.17. The first kappa shape index (κ1) is 14.3. The monoisotopic (exact) mass is 263 g/mol. The largest absolute Gasteiger partial charge is 0.396 e. The summed E-state index contributed by atoms with van der Waals surface area (Å²) in [4.78, 5) is 7.04. The van der Waals surface area contributed by atoms with E-state index in [2.05, 4.69) is 34.3 Å². The van der Waals surface area contributed by atoms with Crippen molar-refractivity contribution >= 4 is 5.82 Å². The fourth-order valence-corrected chi connectivity index (χ4v) is 2.59. The highest BCUT2D eigenvalue weighted by Crippen LogP contribution is 2.18. The Bertz CT molecular complexity index is 383. The van der Waals surface area contributed by atoms with Crippen molar-refractivity contribution in [2.24, 2.45) is 5.92 Å². The van der Waals surface area contributed by atoms with Gasteiger partial charge in [0.25, 0.3) is 0 Å². The molecule has 1 aromatic rings. The molecule has 1 aromatic heterocycles. The van der Waals surface area contributed by atoms with Gasteiger partial charge in [0, 0.05) is 26.2 Å². The summed E-state index contributed by atoms with van der Waals surface area (Å²) < 4.78 is 0. The highest BCUT2D eigenvalue weighted by atomic mass is 16.3. The van der Waals surface area contributed by atoms with Crippen LogP contribution >= 0.6 is 0 Å². The molecule has 2 rings (SSSR count). The molecule has 1 unspecified atom stereocenters. The molecule has 1 aliphatic rings. The van der Waals surface area contributed by atoms with E-state index >= 15 is 0 Å². The average molecular weight is 263 g/mol. The number of aromatic nitrogens is 1. The van der Waals surface area contributed by atoms with Crippen LogP contribution in [0.15, 0.2) is 18.2 Å². The highest BCUT2D eigenvalue weighted by Gasteiger charge is 2.19. The third-order valence-corrected chi connectivity index (χ3v) is 3.61. The number of nitrogens with one attached hydrogen (secondary N) is 1. The minimum atomic E-state index is 0.308. The van der Waals surface area contributed by atoms with E-state index in [0.29, 0.717) is 12.5 Å². The van der Waals surface area contributed by atoms with E-state index in [1.165, 1.54) is 6.42 Å². The lowest BCUT2D eigenvalue weighted by atomic mass is 9.99. The first-order valence-electron chi connectivity index (χ1n) is 7.35. The molecule has 2 N–H and O–H groups in total. The molecule has 0 radical (unpaired) electrons. The van der Waals surface area contributed by atoms with E-state index in [1.807, 2.05) is 6.07 Å². The maximum atomic E-state index is 9.26. The molecule has 19 heavy (non-hydrogen) atoms. The van der Waals surface area contributed by atoms with Crippen LogP contribution in [-0.2, 0) is 6.54 Å². The van der Waals surface area contributed by atoms with Crippen LogP contribution in [0.4, 0.5) is 5.82 Å². The van der Waals surface area contributed by atoms with Gasteiger partial charge in [-0.3, -0.25) is 4.90 Å². The molecule has 0 aliphatic carbocycles. The lowest BCUT2D eigenvalue weighted by molar-refractivity contribution is 0.115. The minimum absolute atomic E-state index is 0.308. The summed E-state index contributed by atoms with van der Waals surface area (Å²) >= 11 is 0. The highest BCUT2D eigenvalue weighted by molar-refractivity contribution is 5.35. The van der Waals surface area contributed by atoms with Crippen LogP contribution in [0.1, 0.15) is 31.9 Å². The zero-order valence-electron chi connectivity index (χ0n) is 11.8. The van der Waals surface area contributed by atoms with Crippen molar-refractivity contribution in [3.8, 4) is 0 Å². The van der Waals surface area contributed by atoms with Crippen molar-refractivity contribution in [2.45, 2.75) is 32.7 Å². The van der Waals surface area contributed by atoms with Crippen LogP contribution in [-0.4, -0.2) is 41.2 Å². The number of piperidine rings is 1. The summed E-state index contributed by atoms with van der Waals surface area (Å²) in [6.45, 7) is 6.42. The van der Waals surface area contributed by atoms with Crippen LogP contribution in [0.25, 0.3) is 0 Å². The number of anilines is 1. The molecule has 1 aliphatic heterocycles. The van der Waals surface area contributed by atoms with E-state index in [0.717, 1.165) is 50.5 Å². The Labute approximate surface area is 115 Å². The zero-order chi connectivity index (χ0) is 13.5. The average Bonchev–Trinajstić information content (AvgIpc) is 2.46. The molecular weight excluding hydrogens is 238 g/mol. The van der Waals surface area contributed by atoms with Gasteiger partial charge >= 0.3 is 0 Å². The van der Waals surface area contributed by atoms with Gasteiger partial charge < -0.3 is 10.4 Å². The Morgan fingerprint density at radius 1 is 1.47 bits per heavy atom. The molecule has 0 saturated carbocycles. The second-order valence-electron chi connectivity index (χ2n) is 5.37. The first-order chi connectivity index (χ1) is 9.31. The van der Waals surface area contributed by atoms with E-state index in [1.54, 1.807) is 0 Å². The number of aliphatic hydroxyl groups excluding tert-OH is 1. The second kappa shape index (κ2) is 7.46. The fraction of sp³-hybridized carbons (Fsp3) is 0.667. The van der Waals surface area contributed by atoms with Gasteiger partial charge in [0.05, 0.1) is 5.69 Å². The molecule has 0 bridgehead atoms. The van der Waals surface area contributed by atoms with Gasteiger partial charge in [-0.05, 0) is 43.9 Å². The van der Waals surface area contributed by atoms with Gasteiger partial charge in [-0.25, -0.2) is 4.98 Å². The van der Waals surface area contributed by atoms with Crippen molar-refractivity contribution in [3.05, 3.63) is 23.9 Å².